The van der Waals surface area contributed by atoms with Crippen molar-refractivity contribution >= 4 is 15.9 Å². The van der Waals surface area contributed by atoms with Gasteiger partial charge in [0, 0.05) is 17.6 Å². The molecule has 106 valence electrons. The van der Waals surface area contributed by atoms with Gasteiger partial charge >= 0.3 is 0 Å². The quantitative estimate of drug-likeness (QED) is 0.861. The van der Waals surface area contributed by atoms with Crippen LogP contribution in [0.15, 0.2) is 28.7 Å². The Labute approximate surface area is 124 Å². The molecule has 3 heteroatoms. The van der Waals surface area contributed by atoms with Crippen LogP contribution in [0.5, 0.6) is 0 Å². The van der Waals surface area contributed by atoms with Crippen LogP contribution >= 0.6 is 15.9 Å². The first-order valence-electron chi connectivity index (χ1n) is 7.29. The van der Waals surface area contributed by atoms with Gasteiger partial charge in [-0.15, -0.1) is 0 Å². The predicted molar refractivity (Wildman–Crippen MR) is 83.0 cm³/mol. The minimum absolute atomic E-state index is 0.488. The van der Waals surface area contributed by atoms with Gasteiger partial charge in [0.2, 0.25) is 0 Å². The maximum Gasteiger partial charge on any atom is 0.0771 e. The fourth-order valence-electron chi connectivity index (χ4n) is 2.89. The van der Waals surface area contributed by atoms with E-state index in [0.717, 1.165) is 29.8 Å². The SMILES string of the molecule is CCC1CCC(O)(CNCc2cccc(Br)c2)CC1. The van der Waals surface area contributed by atoms with Crippen molar-refractivity contribution in [1.82, 2.24) is 5.32 Å². The number of aliphatic hydroxyl groups is 1. The molecule has 2 nitrogen and oxygen atoms in total. The van der Waals surface area contributed by atoms with Gasteiger partial charge < -0.3 is 10.4 Å². The van der Waals surface area contributed by atoms with Gasteiger partial charge in [-0.2, -0.15) is 0 Å². The molecule has 0 heterocycles. The highest BCUT2D eigenvalue weighted by Crippen LogP contribution is 2.33. The second kappa shape index (κ2) is 6.87. The molecule has 0 saturated heterocycles. The molecule has 1 fully saturated rings. The number of hydrogen-bond acceptors (Lipinski definition) is 2. The summed E-state index contributed by atoms with van der Waals surface area (Å²) in [5.41, 5.74) is 0.762. The van der Waals surface area contributed by atoms with Gasteiger partial charge in [0.15, 0.2) is 0 Å². The summed E-state index contributed by atoms with van der Waals surface area (Å²) in [6.07, 6.45) is 5.48. The van der Waals surface area contributed by atoms with Crippen molar-refractivity contribution in [3.8, 4) is 0 Å². The van der Waals surface area contributed by atoms with Gasteiger partial charge in [-0.3, -0.25) is 0 Å². The Morgan fingerprint density at radius 2 is 2.11 bits per heavy atom. The van der Waals surface area contributed by atoms with Crippen molar-refractivity contribution in [2.45, 2.75) is 51.2 Å². The fourth-order valence-corrected chi connectivity index (χ4v) is 3.33. The zero-order valence-corrected chi connectivity index (χ0v) is 13.2. The summed E-state index contributed by atoms with van der Waals surface area (Å²) in [7, 11) is 0. The second-order valence-electron chi connectivity index (χ2n) is 5.81. The van der Waals surface area contributed by atoms with Crippen LogP contribution in [0.2, 0.25) is 0 Å². The molecule has 1 aromatic carbocycles. The number of hydrogen-bond donors (Lipinski definition) is 2. The Balaban J connectivity index is 1.76. The first kappa shape index (κ1) is 15.0. The number of nitrogens with one attached hydrogen (secondary N) is 1. The third-order valence-electron chi connectivity index (χ3n) is 4.29. The number of benzene rings is 1. The lowest BCUT2D eigenvalue weighted by Crippen LogP contribution is -2.43. The normalized spacial score (nSPS) is 27.4. The van der Waals surface area contributed by atoms with E-state index in [9.17, 15) is 5.11 Å². The highest BCUT2D eigenvalue weighted by Gasteiger charge is 2.31. The van der Waals surface area contributed by atoms with E-state index in [1.165, 1.54) is 24.8 Å². The van der Waals surface area contributed by atoms with Crippen LogP contribution < -0.4 is 5.32 Å². The lowest BCUT2D eigenvalue weighted by molar-refractivity contribution is -0.00881. The molecule has 0 atom stereocenters. The third kappa shape index (κ3) is 4.59. The van der Waals surface area contributed by atoms with Crippen molar-refractivity contribution in [2.24, 2.45) is 5.92 Å². The van der Waals surface area contributed by atoms with E-state index in [0.29, 0.717) is 6.54 Å². The number of rotatable bonds is 5. The minimum atomic E-state index is -0.488. The highest BCUT2D eigenvalue weighted by atomic mass is 79.9. The molecule has 0 bridgehead atoms. The molecule has 1 aromatic rings. The standard InChI is InChI=1S/C16H24BrNO/c1-2-13-6-8-16(19,9-7-13)12-18-11-14-4-3-5-15(17)10-14/h3-5,10,13,18-19H,2,6-9,11-12H2,1H3. The summed E-state index contributed by atoms with van der Waals surface area (Å²) in [6, 6.07) is 8.30. The minimum Gasteiger partial charge on any atom is -0.389 e. The van der Waals surface area contributed by atoms with E-state index in [2.05, 4.69) is 40.3 Å². The monoisotopic (exact) mass is 325 g/mol. The maximum absolute atomic E-state index is 10.5. The summed E-state index contributed by atoms with van der Waals surface area (Å²) in [6.45, 7) is 3.77. The average Bonchev–Trinajstić information content (AvgIpc) is 2.40. The third-order valence-corrected chi connectivity index (χ3v) is 4.78. The van der Waals surface area contributed by atoms with Crippen LogP contribution in [-0.4, -0.2) is 17.3 Å². The largest absolute Gasteiger partial charge is 0.389 e. The van der Waals surface area contributed by atoms with Gasteiger partial charge in [0.05, 0.1) is 5.60 Å². The Kier molecular flexibility index (Phi) is 5.43. The Hall–Kier alpha value is -0.380. The van der Waals surface area contributed by atoms with Crippen LogP contribution in [-0.2, 0) is 6.54 Å². The molecule has 2 N–H and O–H groups in total. The molecule has 0 unspecified atom stereocenters. The van der Waals surface area contributed by atoms with Crippen molar-refractivity contribution in [3.05, 3.63) is 34.3 Å². The van der Waals surface area contributed by atoms with Crippen molar-refractivity contribution in [3.63, 3.8) is 0 Å². The summed E-state index contributed by atoms with van der Waals surface area (Å²) in [5.74, 6) is 0.824. The fraction of sp³-hybridized carbons (Fsp3) is 0.625. The average molecular weight is 326 g/mol. The first-order valence-corrected chi connectivity index (χ1v) is 8.08. The zero-order valence-electron chi connectivity index (χ0n) is 11.7. The lowest BCUT2D eigenvalue weighted by atomic mass is 9.78. The summed E-state index contributed by atoms with van der Waals surface area (Å²) < 4.78 is 1.11. The molecule has 1 aliphatic rings. The smallest absolute Gasteiger partial charge is 0.0771 e. The highest BCUT2D eigenvalue weighted by molar-refractivity contribution is 9.10. The summed E-state index contributed by atoms with van der Waals surface area (Å²) >= 11 is 3.48. The number of halogens is 1. The summed E-state index contributed by atoms with van der Waals surface area (Å²) in [5, 5.41) is 13.9. The lowest BCUT2D eigenvalue weighted by Gasteiger charge is -2.36. The van der Waals surface area contributed by atoms with Crippen LogP contribution in [0, 0.1) is 5.92 Å². The Bertz CT molecular complexity index is 399. The predicted octanol–water partition coefficient (Wildman–Crippen LogP) is 3.87. The molecule has 1 saturated carbocycles. The zero-order chi connectivity index (χ0) is 13.7. The van der Waals surface area contributed by atoms with E-state index in [-0.39, 0.29) is 0 Å². The Morgan fingerprint density at radius 1 is 1.37 bits per heavy atom. The molecule has 0 radical (unpaired) electrons. The van der Waals surface area contributed by atoms with Crippen molar-refractivity contribution in [2.75, 3.05) is 6.54 Å². The van der Waals surface area contributed by atoms with E-state index in [1.807, 2.05) is 12.1 Å². The van der Waals surface area contributed by atoms with Gasteiger partial charge in [0.1, 0.15) is 0 Å². The van der Waals surface area contributed by atoms with Gasteiger partial charge in [0.25, 0.3) is 0 Å². The summed E-state index contributed by atoms with van der Waals surface area (Å²) in [4.78, 5) is 0. The van der Waals surface area contributed by atoms with Crippen molar-refractivity contribution in [1.29, 1.82) is 0 Å². The maximum atomic E-state index is 10.5. The molecule has 0 amide bonds. The molecule has 0 aromatic heterocycles. The molecule has 1 aliphatic carbocycles. The molecule has 2 rings (SSSR count). The van der Waals surface area contributed by atoms with Crippen LogP contribution in [0.25, 0.3) is 0 Å². The topological polar surface area (TPSA) is 32.3 Å². The Morgan fingerprint density at radius 3 is 2.74 bits per heavy atom. The molecule has 19 heavy (non-hydrogen) atoms. The second-order valence-corrected chi connectivity index (χ2v) is 6.73. The van der Waals surface area contributed by atoms with Crippen molar-refractivity contribution < 1.29 is 5.11 Å². The van der Waals surface area contributed by atoms with E-state index in [1.54, 1.807) is 0 Å². The van der Waals surface area contributed by atoms with Gasteiger partial charge in [-0.25, -0.2) is 0 Å². The first-order chi connectivity index (χ1) is 9.11. The molecular weight excluding hydrogens is 302 g/mol. The van der Waals surface area contributed by atoms with Gasteiger partial charge in [-0.1, -0.05) is 41.4 Å². The van der Waals surface area contributed by atoms with Crippen LogP contribution in [0.1, 0.15) is 44.6 Å². The molecule has 0 aliphatic heterocycles. The van der Waals surface area contributed by atoms with Crippen LogP contribution in [0.3, 0.4) is 0 Å². The van der Waals surface area contributed by atoms with E-state index < -0.39 is 5.60 Å². The van der Waals surface area contributed by atoms with Gasteiger partial charge in [-0.05, 0) is 49.3 Å². The van der Waals surface area contributed by atoms with E-state index in [4.69, 9.17) is 0 Å². The molecular formula is C16H24BrNO. The molecule has 0 spiro atoms. The van der Waals surface area contributed by atoms with Crippen LogP contribution in [0.4, 0.5) is 0 Å². The van der Waals surface area contributed by atoms with E-state index >= 15 is 0 Å².